The van der Waals surface area contributed by atoms with E-state index in [1.54, 1.807) is 7.11 Å². The summed E-state index contributed by atoms with van der Waals surface area (Å²) >= 11 is 3.57. The highest BCUT2D eigenvalue weighted by atomic mass is 79.9. The summed E-state index contributed by atoms with van der Waals surface area (Å²) < 4.78 is 11.6. The largest absolute Gasteiger partial charge is 0.382 e. The lowest BCUT2D eigenvalue weighted by atomic mass is 9.96. The van der Waals surface area contributed by atoms with Gasteiger partial charge in [0.1, 0.15) is 0 Å². The monoisotopic (exact) mass is 411 g/mol. The van der Waals surface area contributed by atoms with Crippen molar-refractivity contribution in [2.45, 2.75) is 31.6 Å². The molecule has 0 heterocycles. The molecule has 0 amide bonds. The van der Waals surface area contributed by atoms with Crippen LogP contribution in [-0.4, -0.2) is 52.5 Å². The van der Waals surface area contributed by atoms with Crippen molar-refractivity contribution in [3.8, 4) is 0 Å². The van der Waals surface area contributed by atoms with Crippen molar-refractivity contribution < 1.29 is 9.47 Å². The fourth-order valence-electron chi connectivity index (χ4n) is 2.70. The average Bonchev–Trinajstić information content (AvgIpc) is 3.40. The Morgan fingerprint density at radius 3 is 2.76 bits per heavy atom. The number of guanidine groups is 1. The molecule has 0 radical (unpaired) electrons. The van der Waals surface area contributed by atoms with Gasteiger partial charge < -0.3 is 20.1 Å². The maximum atomic E-state index is 5.48. The molecule has 1 aromatic rings. The molecule has 0 aromatic heterocycles. The number of aliphatic imine (C=N–C) groups is 1. The second-order valence-corrected chi connectivity index (χ2v) is 7.29. The zero-order valence-corrected chi connectivity index (χ0v) is 16.9. The van der Waals surface area contributed by atoms with Crippen molar-refractivity contribution in [3.05, 3.63) is 34.3 Å². The van der Waals surface area contributed by atoms with Crippen LogP contribution in [0.1, 0.15) is 31.7 Å². The van der Waals surface area contributed by atoms with E-state index in [0.717, 1.165) is 43.1 Å². The zero-order valence-electron chi connectivity index (χ0n) is 15.3. The quantitative estimate of drug-likeness (QED) is 0.333. The van der Waals surface area contributed by atoms with E-state index in [0.29, 0.717) is 13.2 Å². The third kappa shape index (κ3) is 6.96. The maximum absolute atomic E-state index is 5.48. The molecule has 1 aromatic carbocycles. The Labute approximate surface area is 159 Å². The topological polar surface area (TPSA) is 54.9 Å². The fourth-order valence-corrected chi connectivity index (χ4v) is 3.10. The number of benzene rings is 1. The Hall–Kier alpha value is -1.11. The van der Waals surface area contributed by atoms with Gasteiger partial charge >= 0.3 is 0 Å². The summed E-state index contributed by atoms with van der Waals surface area (Å²) in [6.45, 7) is 6.66. The van der Waals surface area contributed by atoms with E-state index in [-0.39, 0.29) is 5.41 Å². The molecule has 0 spiro atoms. The number of hydrogen-bond acceptors (Lipinski definition) is 3. The van der Waals surface area contributed by atoms with Gasteiger partial charge in [0.05, 0.1) is 19.8 Å². The van der Waals surface area contributed by atoms with E-state index >= 15 is 0 Å². The molecule has 0 aliphatic heterocycles. The lowest BCUT2D eigenvalue weighted by Crippen LogP contribution is -2.38. The number of nitrogens with zero attached hydrogens (tertiary/aromatic N) is 1. The first-order valence-corrected chi connectivity index (χ1v) is 9.84. The Morgan fingerprint density at radius 2 is 2.08 bits per heavy atom. The van der Waals surface area contributed by atoms with Crippen LogP contribution >= 0.6 is 15.9 Å². The van der Waals surface area contributed by atoms with Gasteiger partial charge in [-0.2, -0.15) is 0 Å². The van der Waals surface area contributed by atoms with Crippen LogP contribution in [0.15, 0.2) is 33.7 Å². The lowest BCUT2D eigenvalue weighted by Gasteiger charge is -2.16. The first kappa shape index (κ1) is 20.2. The Morgan fingerprint density at radius 1 is 1.24 bits per heavy atom. The van der Waals surface area contributed by atoms with Crippen molar-refractivity contribution in [1.29, 1.82) is 0 Å². The molecule has 140 valence electrons. The van der Waals surface area contributed by atoms with Gasteiger partial charge in [-0.05, 0) is 43.9 Å². The highest BCUT2D eigenvalue weighted by Crippen LogP contribution is 2.48. The minimum Gasteiger partial charge on any atom is -0.382 e. The van der Waals surface area contributed by atoms with Crippen LogP contribution in [0.3, 0.4) is 0 Å². The molecule has 2 rings (SSSR count). The molecule has 25 heavy (non-hydrogen) atoms. The van der Waals surface area contributed by atoms with Crippen molar-refractivity contribution in [2.75, 3.05) is 46.6 Å². The third-order valence-electron chi connectivity index (χ3n) is 4.36. The SMILES string of the molecule is CCNC(=NCC1(c2cccc(Br)c2)CC1)NCCCOCCOC. The molecule has 0 saturated heterocycles. The van der Waals surface area contributed by atoms with Gasteiger partial charge in [-0.15, -0.1) is 0 Å². The van der Waals surface area contributed by atoms with E-state index in [2.05, 4.69) is 57.8 Å². The van der Waals surface area contributed by atoms with Crippen LogP contribution in [0.25, 0.3) is 0 Å². The second-order valence-electron chi connectivity index (χ2n) is 6.37. The third-order valence-corrected chi connectivity index (χ3v) is 4.86. The van der Waals surface area contributed by atoms with E-state index < -0.39 is 0 Å². The fraction of sp³-hybridized carbons (Fsp3) is 0.632. The number of halogens is 1. The summed E-state index contributed by atoms with van der Waals surface area (Å²) in [4.78, 5) is 4.82. The van der Waals surface area contributed by atoms with Crippen LogP contribution < -0.4 is 10.6 Å². The molecule has 1 fully saturated rings. The molecule has 2 N–H and O–H groups in total. The van der Waals surface area contributed by atoms with Crippen LogP contribution in [0.4, 0.5) is 0 Å². The Bertz CT molecular complexity index is 547. The number of ether oxygens (including phenoxy) is 2. The number of methoxy groups -OCH3 is 1. The molecule has 6 heteroatoms. The molecule has 5 nitrogen and oxygen atoms in total. The number of rotatable bonds is 11. The van der Waals surface area contributed by atoms with E-state index in [1.165, 1.54) is 18.4 Å². The molecular formula is C19H30BrN3O2. The average molecular weight is 412 g/mol. The molecule has 1 saturated carbocycles. The Kier molecular flexibility index (Phi) is 8.72. The predicted molar refractivity (Wildman–Crippen MR) is 106 cm³/mol. The molecule has 0 bridgehead atoms. The summed E-state index contributed by atoms with van der Waals surface area (Å²) in [5.41, 5.74) is 1.60. The maximum Gasteiger partial charge on any atom is 0.191 e. The van der Waals surface area contributed by atoms with Crippen molar-refractivity contribution >= 4 is 21.9 Å². The number of hydrogen-bond donors (Lipinski definition) is 2. The van der Waals surface area contributed by atoms with Crippen molar-refractivity contribution in [1.82, 2.24) is 10.6 Å². The van der Waals surface area contributed by atoms with Gasteiger partial charge in [0.15, 0.2) is 5.96 Å². The van der Waals surface area contributed by atoms with Gasteiger partial charge in [0, 0.05) is 36.7 Å². The predicted octanol–water partition coefficient (Wildman–Crippen LogP) is 3.09. The summed E-state index contributed by atoms with van der Waals surface area (Å²) in [6, 6.07) is 8.62. The van der Waals surface area contributed by atoms with E-state index in [1.807, 2.05) is 0 Å². The highest BCUT2D eigenvalue weighted by molar-refractivity contribution is 9.10. The summed E-state index contributed by atoms with van der Waals surface area (Å²) in [7, 11) is 1.69. The smallest absolute Gasteiger partial charge is 0.191 e. The first-order valence-electron chi connectivity index (χ1n) is 9.05. The van der Waals surface area contributed by atoms with Gasteiger partial charge in [0.25, 0.3) is 0 Å². The second kappa shape index (κ2) is 10.8. The van der Waals surface area contributed by atoms with Crippen LogP contribution in [0.5, 0.6) is 0 Å². The number of nitrogens with one attached hydrogen (secondary N) is 2. The summed E-state index contributed by atoms with van der Waals surface area (Å²) in [5.74, 6) is 0.890. The molecule has 1 aliphatic rings. The lowest BCUT2D eigenvalue weighted by molar-refractivity contribution is 0.0698. The Balaban J connectivity index is 1.79. The van der Waals surface area contributed by atoms with E-state index in [4.69, 9.17) is 14.5 Å². The normalized spacial score (nSPS) is 15.9. The minimum atomic E-state index is 0.218. The minimum absolute atomic E-state index is 0.218. The molecular weight excluding hydrogens is 382 g/mol. The van der Waals surface area contributed by atoms with Crippen LogP contribution in [0.2, 0.25) is 0 Å². The van der Waals surface area contributed by atoms with Gasteiger partial charge in [-0.25, -0.2) is 0 Å². The molecule has 0 atom stereocenters. The van der Waals surface area contributed by atoms with Gasteiger partial charge in [0.2, 0.25) is 0 Å². The van der Waals surface area contributed by atoms with Gasteiger partial charge in [-0.1, -0.05) is 28.1 Å². The van der Waals surface area contributed by atoms with Crippen molar-refractivity contribution in [3.63, 3.8) is 0 Å². The zero-order chi connectivity index (χ0) is 18.0. The highest BCUT2D eigenvalue weighted by Gasteiger charge is 2.44. The first-order chi connectivity index (χ1) is 12.2. The van der Waals surface area contributed by atoms with Crippen molar-refractivity contribution in [2.24, 2.45) is 4.99 Å². The standard InChI is InChI=1S/C19H30BrN3O2/c1-3-21-18(22-10-5-11-25-13-12-24-2)23-15-19(8-9-19)16-6-4-7-17(20)14-16/h4,6-7,14H,3,5,8-13,15H2,1-2H3,(H2,21,22,23). The summed E-state index contributed by atoms with van der Waals surface area (Å²) in [6.07, 6.45) is 3.37. The summed E-state index contributed by atoms with van der Waals surface area (Å²) in [5, 5.41) is 6.72. The molecule has 1 aliphatic carbocycles. The van der Waals surface area contributed by atoms with Crippen LogP contribution in [0, 0.1) is 0 Å². The molecule has 0 unspecified atom stereocenters. The van der Waals surface area contributed by atoms with E-state index in [9.17, 15) is 0 Å². The van der Waals surface area contributed by atoms with Gasteiger partial charge in [-0.3, -0.25) is 4.99 Å². The van der Waals surface area contributed by atoms with Crippen LogP contribution in [-0.2, 0) is 14.9 Å².